The predicted molar refractivity (Wildman–Crippen MR) is 141 cm³/mol. The van der Waals surface area contributed by atoms with Gasteiger partial charge >= 0.3 is 0 Å². The number of hydrogen-bond donors (Lipinski definition) is 1. The van der Waals surface area contributed by atoms with Gasteiger partial charge in [-0.25, -0.2) is 4.98 Å². The average molecular weight is 518 g/mol. The second-order valence-corrected chi connectivity index (χ2v) is 10.1. The zero-order valence-electron chi connectivity index (χ0n) is 20.3. The van der Waals surface area contributed by atoms with E-state index in [1.807, 2.05) is 19.9 Å². The maximum atomic E-state index is 13.5. The molecule has 0 radical (unpaired) electrons. The third-order valence-corrected chi connectivity index (χ3v) is 7.85. The Morgan fingerprint density at radius 1 is 1.23 bits per heavy atom. The number of anilines is 1. The van der Waals surface area contributed by atoms with Crippen molar-refractivity contribution in [2.24, 2.45) is 0 Å². The summed E-state index contributed by atoms with van der Waals surface area (Å²) in [5, 5.41) is 4.23. The van der Waals surface area contributed by atoms with Crippen molar-refractivity contribution in [1.82, 2.24) is 9.55 Å². The average Bonchev–Trinajstić information content (AvgIpc) is 3.42. The number of carbonyl (C=O) groups is 1. The van der Waals surface area contributed by atoms with Gasteiger partial charge in [-0.3, -0.25) is 14.2 Å². The highest BCUT2D eigenvalue weighted by atomic mass is 32.2. The molecule has 8 nitrogen and oxygen atoms in total. The van der Waals surface area contributed by atoms with Crippen LogP contribution in [0.25, 0.3) is 10.2 Å². The monoisotopic (exact) mass is 517 g/mol. The highest BCUT2D eigenvalue weighted by Crippen LogP contribution is 2.36. The predicted octanol–water partition coefficient (Wildman–Crippen LogP) is 4.51. The molecule has 0 unspecified atom stereocenters. The molecule has 1 aromatic carbocycles. The Bertz CT molecular complexity index is 1250. The van der Waals surface area contributed by atoms with E-state index in [1.165, 1.54) is 16.6 Å². The number of nitrogens with zero attached hydrogens (tertiary/aromatic N) is 2. The van der Waals surface area contributed by atoms with Gasteiger partial charge in [0.05, 0.1) is 30.0 Å². The quantitative estimate of drug-likeness (QED) is 0.215. The van der Waals surface area contributed by atoms with E-state index in [0.29, 0.717) is 55.1 Å². The third kappa shape index (κ3) is 5.82. The zero-order valence-corrected chi connectivity index (χ0v) is 22.0. The van der Waals surface area contributed by atoms with Crippen molar-refractivity contribution in [2.45, 2.75) is 51.2 Å². The maximum Gasteiger partial charge on any atom is 0.263 e. The summed E-state index contributed by atoms with van der Waals surface area (Å²) in [5.41, 5.74) is 1.70. The van der Waals surface area contributed by atoms with Crippen molar-refractivity contribution < 1.29 is 19.0 Å². The fourth-order valence-corrected chi connectivity index (χ4v) is 6.32. The lowest BCUT2D eigenvalue weighted by Gasteiger charge is -2.14. The van der Waals surface area contributed by atoms with Crippen molar-refractivity contribution in [1.29, 1.82) is 0 Å². The molecule has 188 valence electrons. The van der Waals surface area contributed by atoms with Crippen LogP contribution in [0, 0.1) is 0 Å². The van der Waals surface area contributed by atoms with Gasteiger partial charge in [0.15, 0.2) is 5.16 Å². The van der Waals surface area contributed by atoms with Crippen LogP contribution in [-0.2, 0) is 28.9 Å². The number of thiophene rings is 1. The fourth-order valence-electron chi connectivity index (χ4n) is 4.19. The molecule has 1 amide bonds. The largest absolute Gasteiger partial charge is 0.494 e. The summed E-state index contributed by atoms with van der Waals surface area (Å²) in [4.78, 5) is 33.2. The lowest BCUT2D eigenvalue weighted by molar-refractivity contribution is -0.113. The molecule has 10 heteroatoms. The van der Waals surface area contributed by atoms with Gasteiger partial charge in [-0.1, -0.05) is 11.8 Å². The summed E-state index contributed by atoms with van der Waals surface area (Å²) in [5.74, 6) is 1.14. The molecule has 1 aliphatic rings. The Kier molecular flexibility index (Phi) is 8.69. The number of hydrogen-bond acceptors (Lipinski definition) is 8. The summed E-state index contributed by atoms with van der Waals surface area (Å²) >= 11 is 2.88. The lowest BCUT2D eigenvalue weighted by Crippen LogP contribution is -2.25. The zero-order chi connectivity index (χ0) is 24.8. The molecule has 35 heavy (non-hydrogen) atoms. The molecule has 2 aromatic heterocycles. The number of rotatable bonds is 12. The van der Waals surface area contributed by atoms with Crippen molar-refractivity contribution >= 4 is 44.9 Å². The second-order valence-electron chi connectivity index (χ2n) is 8.10. The molecule has 2 heterocycles. The van der Waals surface area contributed by atoms with Crippen LogP contribution < -0.4 is 20.3 Å². The van der Waals surface area contributed by atoms with Crippen molar-refractivity contribution in [3.8, 4) is 11.5 Å². The van der Waals surface area contributed by atoms with Gasteiger partial charge in [0.25, 0.3) is 5.56 Å². The number of benzene rings is 1. The second kappa shape index (κ2) is 11.9. The molecule has 0 spiro atoms. The van der Waals surface area contributed by atoms with Crippen LogP contribution in [0.5, 0.6) is 11.5 Å². The van der Waals surface area contributed by atoms with Crippen molar-refractivity contribution in [3.05, 3.63) is 39.0 Å². The number of ether oxygens (including phenoxy) is 3. The topological polar surface area (TPSA) is 91.7 Å². The molecule has 0 aliphatic heterocycles. The first-order valence-corrected chi connectivity index (χ1v) is 13.7. The number of fused-ring (bicyclic) bond motifs is 3. The molecule has 0 fully saturated rings. The van der Waals surface area contributed by atoms with E-state index >= 15 is 0 Å². The smallest absolute Gasteiger partial charge is 0.263 e. The van der Waals surface area contributed by atoms with Crippen LogP contribution >= 0.6 is 23.1 Å². The summed E-state index contributed by atoms with van der Waals surface area (Å²) in [6.45, 7) is 5.85. The van der Waals surface area contributed by atoms with Crippen LogP contribution in [0.4, 0.5) is 5.69 Å². The van der Waals surface area contributed by atoms with Gasteiger partial charge in [0.1, 0.15) is 16.3 Å². The van der Waals surface area contributed by atoms with Crippen LogP contribution in [0.1, 0.15) is 37.1 Å². The first-order valence-electron chi connectivity index (χ1n) is 11.9. The summed E-state index contributed by atoms with van der Waals surface area (Å²) in [7, 11) is 1.65. The molecule has 0 atom stereocenters. The fraction of sp³-hybridized carbons (Fsp3) is 0.480. The number of carbonyl (C=O) groups excluding carboxylic acids is 1. The van der Waals surface area contributed by atoms with Gasteiger partial charge in [-0.2, -0.15) is 0 Å². The highest BCUT2D eigenvalue weighted by molar-refractivity contribution is 7.99. The van der Waals surface area contributed by atoms with Crippen molar-refractivity contribution in [3.63, 3.8) is 0 Å². The number of aromatic nitrogens is 2. The molecule has 3 aromatic rings. The minimum absolute atomic E-state index is 0.0172. The molecule has 1 aliphatic carbocycles. The number of aryl methyl sites for hydroxylation is 2. The Morgan fingerprint density at radius 2 is 2.06 bits per heavy atom. The van der Waals surface area contributed by atoms with Gasteiger partial charge in [0, 0.05) is 31.2 Å². The van der Waals surface area contributed by atoms with Gasteiger partial charge < -0.3 is 19.5 Å². The van der Waals surface area contributed by atoms with E-state index < -0.39 is 0 Å². The van der Waals surface area contributed by atoms with E-state index in [4.69, 9.17) is 19.2 Å². The molecule has 0 saturated heterocycles. The van der Waals surface area contributed by atoms with E-state index in [-0.39, 0.29) is 17.2 Å². The number of nitrogens with one attached hydrogen (secondary N) is 1. The van der Waals surface area contributed by atoms with Gasteiger partial charge in [0.2, 0.25) is 5.91 Å². The first-order chi connectivity index (χ1) is 17.0. The normalized spacial score (nSPS) is 12.7. The van der Waals surface area contributed by atoms with Gasteiger partial charge in [-0.05, 0) is 57.2 Å². The van der Waals surface area contributed by atoms with E-state index in [1.54, 1.807) is 35.1 Å². The number of thioether (sulfide) groups is 1. The molecule has 4 rings (SSSR count). The van der Waals surface area contributed by atoms with Crippen LogP contribution in [-0.4, -0.2) is 48.1 Å². The molecular formula is C25H31N3O5S2. The minimum atomic E-state index is -0.212. The SMILES string of the molecule is CCOc1ccc(OCC)c(NC(=O)CSc2nc3sc4c(c3c(=O)n2CCCOC)CCC4)c1. The van der Waals surface area contributed by atoms with Crippen LogP contribution in [0.15, 0.2) is 28.2 Å². The maximum absolute atomic E-state index is 13.5. The molecule has 0 bridgehead atoms. The minimum Gasteiger partial charge on any atom is -0.494 e. The molecule has 0 saturated carbocycles. The standard InChI is InChI=1S/C25H31N3O5S2/c1-4-32-16-10-11-19(33-5-2)18(14-16)26-21(29)15-34-25-27-23-22(17-8-6-9-20(17)35-23)24(30)28(25)12-7-13-31-3/h10-11,14H,4-9,12-13,15H2,1-3H3,(H,26,29). The van der Waals surface area contributed by atoms with Crippen molar-refractivity contribution in [2.75, 3.05) is 38.0 Å². The Balaban J connectivity index is 1.55. The lowest BCUT2D eigenvalue weighted by atomic mass is 10.2. The van der Waals surface area contributed by atoms with E-state index in [9.17, 15) is 9.59 Å². The Labute approximate surface area is 213 Å². The number of amides is 1. The van der Waals surface area contributed by atoms with Crippen LogP contribution in [0.2, 0.25) is 0 Å². The van der Waals surface area contributed by atoms with Crippen LogP contribution in [0.3, 0.4) is 0 Å². The first kappa shape index (κ1) is 25.5. The number of methoxy groups -OCH3 is 1. The summed E-state index contributed by atoms with van der Waals surface area (Å²) < 4.78 is 18.1. The summed E-state index contributed by atoms with van der Waals surface area (Å²) in [6.07, 6.45) is 3.72. The molecular weight excluding hydrogens is 486 g/mol. The van der Waals surface area contributed by atoms with E-state index in [0.717, 1.165) is 35.0 Å². The molecule has 1 N–H and O–H groups in total. The Hall–Kier alpha value is -2.56. The summed E-state index contributed by atoms with van der Waals surface area (Å²) in [6, 6.07) is 5.36. The Morgan fingerprint density at radius 3 is 2.83 bits per heavy atom. The third-order valence-electron chi connectivity index (χ3n) is 5.69. The van der Waals surface area contributed by atoms with Gasteiger partial charge in [-0.15, -0.1) is 11.3 Å². The highest BCUT2D eigenvalue weighted by Gasteiger charge is 2.23. The van der Waals surface area contributed by atoms with E-state index in [2.05, 4.69) is 5.32 Å².